The number of hydrogen-bond donors (Lipinski definition) is 3. The minimum atomic E-state index is -3.32. The smallest absolute Gasteiger partial charge is 0.232 e. The number of carbonyl (C=O) groups is 1. The predicted octanol–water partition coefficient (Wildman–Crippen LogP) is 2.20. The molecular weight excluding hydrogens is 326 g/mol. The third-order valence-corrected chi connectivity index (χ3v) is 4.22. The molecule has 6 nitrogen and oxygen atoms in total. The van der Waals surface area contributed by atoms with E-state index in [1.54, 1.807) is 31.2 Å². The molecule has 126 valence electrons. The van der Waals surface area contributed by atoms with E-state index in [0.29, 0.717) is 24.2 Å². The molecule has 0 saturated heterocycles. The van der Waals surface area contributed by atoms with Crippen LogP contribution in [-0.2, 0) is 14.8 Å². The van der Waals surface area contributed by atoms with E-state index in [0.717, 1.165) is 13.0 Å². The average Bonchev–Trinajstić information content (AvgIpc) is 2.38. The van der Waals surface area contributed by atoms with Gasteiger partial charge >= 0.3 is 0 Å². The summed E-state index contributed by atoms with van der Waals surface area (Å²) < 4.78 is 25.9. The number of nitrogens with one attached hydrogen (secondary N) is 3. The van der Waals surface area contributed by atoms with Crippen molar-refractivity contribution in [3.63, 3.8) is 0 Å². The van der Waals surface area contributed by atoms with Crippen LogP contribution in [0.2, 0.25) is 0 Å². The quantitative estimate of drug-likeness (QED) is 0.596. The van der Waals surface area contributed by atoms with Crippen LogP contribution in [0.5, 0.6) is 0 Å². The SMILES string of the molecule is CCCS(=O)(=O)Nc1cccc(NC(=O)CCCNC)c1.Cl. The molecule has 0 atom stereocenters. The molecule has 0 bridgehead atoms. The van der Waals surface area contributed by atoms with E-state index in [1.807, 2.05) is 7.05 Å². The molecule has 1 aromatic rings. The zero-order valence-electron chi connectivity index (χ0n) is 12.9. The maximum Gasteiger partial charge on any atom is 0.232 e. The lowest BCUT2D eigenvalue weighted by atomic mass is 10.2. The Labute approximate surface area is 138 Å². The number of halogens is 1. The van der Waals surface area contributed by atoms with Crippen LogP contribution in [0.4, 0.5) is 11.4 Å². The fourth-order valence-electron chi connectivity index (χ4n) is 1.81. The maximum absolute atomic E-state index is 11.7. The standard InChI is InChI=1S/C14H23N3O3S.ClH/c1-3-10-21(19,20)17-13-7-4-6-12(11-13)16-14(18)8-5-9-15-2;/h4,6-7,11,15,17H,3,5,8-10H2,1-2H3,(H,16,18);1H. The van der Waals surface area contributed by atoms with Gasteiger partial charge in [-0.1, -0.05) is 13.0 Å². The second-order valence-electron chi connectivity index (χ2n) is 4.76. The van der Waals surface area contributed by atoms with Crippen molar-refractivity contribution in [1.82, 2.24) is 5.32 Å². The van der Waals surface area contributed by atoms with Gasteiger partial charge in [-0.2, -0.15) is 0 Å². The highest BCUT2D eigenvalue weighted by atomic mass is 35.5. The second kappa shape index (κ2) is 10.4. The summed E-state index contributed by atoms with van der Waals surface area (Å²) in [5.74, 6) is -0.00744. The monoisotopic (exact) mass is 349 g/mol. The molecule has 0 aliphatic heterocycles. The van der Waals surface area contributed by atoms with Gasteiger partial charge in [-0.05, 0) is 44.6 Å². The molecule has 0 fully saturated rings. The Bertz CT molecular complexity index is 564. The Morgan fingerprint density at radius 3 is 2.55 bits per heavy atom. The third kappa shape index (κ3) is 8.21. The van der Waals surface area contributed by atoms with Crippen LogP contribution < -0.4 is 15.4 Å². The van der Waals surface area contributed by atoms with E-state index in [-0.39, 0.29) is 24.1 Å². The molecule has 0 heterocycles. The minimum absolute atomic E-state index is 0. The molecule has 0 radical (unpaired) electrons. The Morgan fingerprint density at radius 2 is 1.91 bits per heavy atom. The highest BCUT2D eigenvalue weighted by molar-refractivity contribution is 7.92. The zero-order valence-corrected chi connectivity index (χ0v) is 14.5. The van der Waals surface area contributed by atoms with Crippen molar-refractivity contribution >= 4 is 39.7 Å². The van der Waals surface area contributed by atoms with Crippen LogP contribution in [0.3, 0.4) is 0 Å². The van der Waals surface area contributed by atoms with E-state index in [9.17, 15) is 13.2 Å². The molecule has 8 heteroatoms. The van der Waals surface area contributed by atoms with E-state index in [1.165, 1.54) is 0 Å². The van der Waals surface area contributed by atoms with E-state index >= 15 is 0 Å². The van der Waals surface area contributed by atoms with Gasteiger partial charge in [0.05, 0.1) is 11.4 Å². The van der Waals surface area contributed by atoms with E-state index < -0.39 is 10.0 Å². The van der Waals surface area contributed by atoms with Crippen molar-refractivity contribution < 1.29 is 13.2 Å². The van der Waals surface area contributed by atoms with Crippen LogP contribution in [0.25, 0.3) is 0 Å². The summed E-state index contributed by atoms with van der Waals surface area (Å²) in [4.78, 5) is 11.7. The maximum atomic E-state index is 11.7. The Hall–Kier alpha value is -1.31. The first-order valence-electron chi connectivity index (χ1n) is 7.02. The first-order chi connectivity index (χ1) is 9.96. The van der Waals surface area contributed by atoms with E-state index in [2.05, 4.69) is 15.4 Å². The number of rotatable bonds is 9. The summed E-state index contributed by atoms with van der Waals surface area (Å²) >= 11 is 0. The van der Waals surface area contributed by atoms with Gasteiger partial charge < -0.3 is 10.6 Å². The van der Waals surface area contributed by atoms with Gasteiger partial charge in [0.1, 0.15) is 0 Å². The van der Waals surface area contributed by atoms with Crippen LogP contribution in [0.1, 0.15) is 26.2 Å². The molecule has 3 N–H and O–H groups in total. The molecule has 1 rings (SSSR count). The molecule has 0 aliphatic rings. The average molecular weight is 350 g/mol. The first kappa shape index (κ1) is 20.7. The van der Waals surface area contributed by atoms with Gasteiger partial charge in [-0.3, -0.25) is 9.52 Å². The van der Waals surface area contributed by atoms with Gasteiger partial charge in [-0.15, -0.1) is 12.4 Å². The van der Waals surface area contributed by atoms with Crippen LogP contribution in [-0.4, -0.2) is 33.7 Å². The summed E-state index contributed by atoms with van der Waals surface area (Å²) in [6, 6.07) is 6.70. The number of benzene rings is 1. The first-order valence-corrected chi connectivity index (χ1v) is 8.67. The lowest BCUT2D eigenvalue weighted by molar-refractivity contribution is -0.116. The molecule has 0 spiro atoms. The summed E-state index contributed by atoms with van der Waals surface area (Å²) in [7, 11) is -1.48. The van der Waals surface area contributed by atoms with Gasteiger partial charge in [0.25, 0.3) is 0 Å². The third-order valence-electron chi connectivity index (χ3n) is 2.72. The largest absolute Gasteiger partial charge is 0.326 e. The van der Waals surface area contributed by atoms with E-state index in [4.69, 9.17) is 0 Å². The van der Waals surface area contributed by atoms with Crippen molar-refractivity contribution in [2.75, 3.05) is 29.4 Å². The van der Waals surface area contributed by atoms with Crippen molar-refractivity contribution in [3.8, 4) is 0 Å². The lowest BCUT2D eigenvalue weighted by Gasteiger charge is -2.10. The Morgan fingerprint density at radius 1 is 1.23 bits per heavy atom. The predicted molar refractivity (Wildman–Crippen MR) is 93.2 cm³/mol. The second-order valence-corrected chi connectivity index (χ2v) is 6.60. The molecule has 1 aromatic carbocycles. The topological polar surface area (TPSA) is 87.3 Å². The van der Waals surface area contributed by atoms with Crippen molar-refractivity contribution in [3.05, 3.63) is 24.3 Å². The lowest BCUT2D eigenvalue weighted by Crippen LogP contribution is -2.17. The Kier molecular flexibility index (Phi) is 9.80. The van der Waals surface area contributed by atoms with Gasteiger partial charge in [0.15, 0.2) is 0 Å². The zero-order chi connectivity index (χ0) is 15.7. The fourth-order valence-corrected chi connectivity index (χ4v) is 2.93. The van der Waals surface area contributed by atoms with Gasteiger partial charge in [0, 0.05) is 12.1 Å². The minimum Gasteiger partial charge on any atom is -0.326 e. The van der Waals surface area contributed by atoms with Crippen LogP contribution in [0.15, 0.2) is 24.3 Å². The summed E-state index contributed by atoms with van der Waals surface area (Å²) in [5.41, 5.74) is 1.04. The molecule has 1 amide bonds. The summed E-state index contributed by atoms with van der Waals surface area (Å²) in [6.45, 7) is 2.59. The van der Waals surface area contributed by atoms with Gasteiger partial charge in [-0.25, -0.2) is 8.42 Å². The molecular formula is C14H24ClN3O3S. The molecule has 22 heavy (non-hydrogen) atoms. The van der Waals surface area contributed by atoms with Crippen molar-refractivity contribution in [2.45, 2.75) is 26.2 Å². The van der Waals surface area contributed by atoms with Gasteiger partial charge in [0.2, 0.25) is 15.9 Å². The summed E-state index contributed by atoms with van der Waals surface area (Å²) in [6.07, 6.45) is 1.73. The fraction of sp³-hybridized carbons (Fsp3) is 0.500. The molecule has 0 aliphatic carbocycles. The molecule has 0 aromatic heterocycles. The van der Waals surface area contributed by atoms with Crippen molar-refractivity contribution in [1.29, 1.82) is 0 Å². The summed E-state index contributed by atoms with van der Waals surface area (Å²) in [5, 5.41) is 5.73. The van der Waals surface area contributed by atoms with Crippen LogP contribution >= 0.6 is 12.4 Å². The van der Waals surface area contributed by atoms with Crippen LogP contribution in [0, 0.1) is 0 Å². The number of anilines is 2. The number of carbonyl (C=O) groups excluding carboxylic acids is 1. The highest BCUT2D eigenvalue weighted by Crippen LogP contribution is 2.17. The normalized spacial score (nSPS) is 10.6. The number of sulfonamides is 1. The molecule has 0 unspecified atom stereocenters. The Balaban J connectivity index is 0.00000441. The highest BCUT2D eigenvalue weighted by Gasteiger charge is 2.09. The molecule has 0 saturated carbocycles. The number of hydrogen-bond acceptors (Lipinski definition) is 4. The number of amides is 1. The van der Waals surface area contributed by atoms with Crippen molar-refractivity contribution in [2.24, 2.45) is 0 Å².